The number of carbonyl (C=O) groups excluding carboxylic acids is 1. The van der Waals surface area contributed by atoms with Crippen LogP contribution in [0.15, 0.2) is 84.9 Å². The second-order valence-electron chi connectivity index (χ2n) is 5.10. The molecule has 0 aliphatic heterocycles. The zero-order valence-corrected chi connectivity index (χ0v) is 12.6. The average Bonchev–Trinajstić information content (AvgIpc) is 2.62. The van der Waals surface area contributed by atoms with Crippen molar-refractivity contribution in [2.24, 2.45) is 0 Å². The fourth-order valence-corrected chi connectivity index (χ4v) is 2.33. The van der Waals surface area contributed by atoms with Gasteiger partial charge >= 0.3 is 6.09 Å². The number of anilines is 1. The van der Waals surface area contributed by atoms with Gasteiger partial charge in [0.15, 0.2) is 0 Å². The first-order valence-corrected chi connectivity index (χ1v) is 7.45. The fourth-order valence-electron chi connectivity index (χ4n) is 2.33. The molecule has 3 rings (SSSR count). The molecule has 0 aromatic heterocycles. The maximum absolute atomic E-state index is 12.0. The van der Waals surface area contributed by atoms with Gasteiger partial charge < -0.3 is 4.74 Å². The van der Waals surface area contributed by atoms with Crippen LogP contribution in [-0.4, -0.2) is 6.09 Å². The number of hydrogen-bond acceptors (Lipinski definition) is 2. The minimum atomic E-state index is -0.461. The maximum atomic E-state index is 12.0. The SMILES string of the molecule is O=C(Nc1ccccc1-c1ccccc1)OCc1ccccc1. The molecule has 0 aliphatic rings. The van der Waals surface area contributed by atoms with E-state index < -0.39 is 6.09 Å². The molecule has 1 N–H and O–H groups in total. The molecule has 0 saturated carbocycles. The summed E-state index contributed by atoms with van der Waals surface area (Å²) in [7, 11) is 0. The third-order valence-corrected chi connectivity index (χ3v) is 3.46. The fraction of sp³-hybridized carbons (Fsp3) is 0.0500. The van der Waals surface area contributed by atoms with Crippen molar-refractivity contribution in [2.45, 2.75) is 6.61 Å². The third kappa shape index (κ3) is 3.98. The van der Waals surface area contributed by atoms with Crippen LogP contribution in [0.4, 0.5) is 10.5 Å². The molecule has 3 aromatic carbocycles. The molecule has 0 aliphatic carbocycles. The van der Waals surface area contributed by atoms with Crippen molar-refractivity contribution in [3.05, 3.63) is 90.5 Å². The Morgan fingerprint density at radius 1 is 0.783 bits per heavy atom. The smallest absolute Gasteiger partial charge is 0.411 e. The van der Waals surface area contributed by atoms with E-state index in [1.54, 1.807) is 0 Å². The van der Waals surface area contributed by atoms with Crippen molar-refractivity contribution < 1.29 is 9.53 Å². The molecule has 0 atom stereocenters. The zero-order valence-electron chi connectivity index (χ0n) is 12.6. The summed E-state index contributed by atoms with van der Waals surface area (Å²) in [5, 5.41) is 2.82. The van der Waals surface area contributed by atoms with Gasteiger partial charge in [-0.1, -0.05) is 78.9 Å². The van der Waals surface area contributed by atoms with Crippen LogP contribution in [0.3, 0.4) is 0 Å². The summed E-state index contributed by atoms with van der Waals surface area (Å²) in [6, 6.07) is 27.2. The first-order valence-electron chi connectivity index (χ1n) is 7.45. The zero-order chi connectivity index (χ0) is 15.9. The van der Waals surface area contributed by atoms with Crippen molar-refractivity contribution in [2.75, 3.05) is 5.32 Å². The van der Waals surface area contributed by atoms with E-state index in [2.05, 4.69) is 5.32 Å². The van der Waals surface area contributed by atoms with Gasteiger partial charge in [-0.25, -0.2) is 4.79 Å². The van der Waals surface area contributed by atoms with E-state index in [1.807, 2.05) is 84.9 Å². The minimum absolute atomic E-state index is 0.250. The predicted molar refractivity (Wildman–Crippen MR) is 92.1 cm³/mol. The van der Waals surface area contributed by atoms with E-state index in [4.69, 9.17) is 4.74 Å². The molecule has 0 spiro atoms. The first-order chi connectivity index (χ1) is 11.3. The topological polar surface area (TPSA) is 38.3 Å². The summed E-state index contributed by atoms with van der Waals surface area (Å²) >= 11 is 0. The molecule has 3 aromatic rings. The molecule has 3 nitrogen and oxygen atoms in total. The van der Waals surface area contributed by atoms with Gasteiger partial charge in [0.1, 0.15) is 6.61 Å². The van der Waals surface area contributed by atoms with Crippen LogP contribution in [0.1, 0.15) is 5.56 Å². The highest BCUT2D eigenvalue weighted by atomic mass is 16.5. The maximum Gasteiger partial charge on any atom is 0.411 e. The summed E-state index contributed by atoms with van der Waals surface area (Å²) in [5.41, 5.74) is 3.70. The summed E-state index contributed by atoms with van der Waals surface area (Å²) in [5.74, 6) is 0. The highest BCUT2D eigenvalue weighted by Crippen LogP contribution is 2.27. The van der Waals surface area contributed by atoms with Crippen molar-refractivity contribution in [1.82, 2.24) is 0 Å². The Hall–Kier alpha value is -3.07. The van der Waals surface area contributed by atoms with Crippen molar-refractivity contribution in [3.63, 3.8) is 0 Å². The number of nitrogens with one attached hydrogen (secondary N) is 1. The van der Waals surface area contributed by atoms with Gasteiger partial charge in [0.2, 0.25) is 0 Å². The van der Waals surface area contributed by atoms with Gasteiger partial charge in [0, 0.05) is 5.56 Å². The largest absolute Gasteiger partial charge is 0.444 e. The van der Waals surface area contributed by atoms with Crippen LogP contribution in [-0.2, 0) is 11.3 Å². The summed E-state index contributed by atoms with van der Waals surface area (Å²) in [4.78, 5) is 12.0. The summed E-state index contributed by atoms with van der Waals surface area (Å²) < 4.78 is 5.27. The lowest BCUT2D eigenvalue weighted by Gasteiger charge is -2.11. The molecule has 0 heterocycles. The van der Waals surface area contributed by atoms with Crippen LogP contribution < -0.4 is 5.32 Å². The molecular weight excluding hydrogens is 286 g/mol. The highest BCUT2D eigenvalue weighted by Gasteiger charge is 2.08. The number of para-hydroxylation sites is 1. The predicted octanol–water partition coefficient (Wildman–Crippen LogP) is 5.10. The number of carbonyl (C=O) groups is 1. The molecule has 114 valence electrons. The van der Waals surface area contributed by atoms with Crippen molar-refractivity contribution in [1.29, 1.82) is 0 Å². The van der Waals surface area contributed by atoms with Gasteiger partial charge in [-0.15, -0.1) is 0 Å². The quantitative estimate of drug-likeness (QED) is 0.728. The standard InChI is InChI=1S/C20H17NO2/c22-20(23-15-16-9-3-1-4-10-16)21-19-14-8-7-13-18(19)17-11-5-2-6-12-17/h1-14H,15H2,(H,21,22). The van der Waals surface area contributed by atoms with Crippen LogP contribution in [0.25, 0.3) is 11.1 Å². The summed E-state index contributed by atoms with van der Waals surface area (Å²) in [6.07, 6.45) is -0.461. The number of amides is 1. The van der Waals surface area contributed by atoms with Crippen molar-refractivity contribution >= 4 is 11.8 Å². The molecule has 1 amide bonds. The number of benzene rings is 3. The molecule has 0 fully saturated rings. The number of rotatable bonds is 4. The number of hydrogen-bond donors (Lipinski definition) is 1. The van der Waals surface area contributed by atoms with Gasteiger partial charge in [-0.2, -0.15) is 0 Å². The number of ether oxygens (including phenoxy) is 1. The average molecular weight is 303 g/mol. The van der Waals surface area contributed by atoms with Gasteiger partial charge in [0.25, 0.3) is 0 Å². The van der Waals surface area contributed by atoms with E-state index in [0.29, 0.717) is 0 Å². The lowest BCUT2D eigenvalue weighted by Crippen LogP contribution is -2.14. The molecular formula is C20H17NO2. The normalized spacial score (nSPS) is 10.1. The van der Waals surface area contributed by atoms with Crippen LogP contribution in [0.5, 0.6) is 0 Å². The Kier molecular flexibility index (Phi) is 4.69. The van der Waals surface area contributed by atoms with Crippen LogP contribution in [0, 0.1) is 0 Å². The van der Waals surface area contributed by atoms with Crippen molar-refractivity contribution in [3.8, 4) is 11.1 Å². The van der Waals surface area contributed by atoms with E-state index in [-0.39, 0.29) is 6.61 Å². The first kappa shape index (κ1) is 14.9. The van der Waals surface area contributed by atoms with E-state index >= 15 is 0 Å². The molecule has 0 unspecified atom stereocenters. The Balaban J connectivity index is 1.69. The Morgan fingerprint density at radius 2 is 1.39 bits per heavy atom. The minimum Gasteiger partial charge on any atom is -0.444 e. The third-order valence-electron chi connectivity index (χ3n) is 3.46. The van der Waals surface area contributed by atoms with E-state index in [0.717, 1.165) is 22.4 Å². The molecule has 3 heteroatoms. The van der Waals surface area contributed by atoms with Gasteiger partial charge in [-0.05, 0) is 17.2 Å². The molecule has 0 radical (unpaired) electrons. The molecule has 23 heavy (non-hydrogen) atoms. The van der Waals surface area contributed by atoms with Crippen LogP contribution >= 0.6 is 0 Å². The second-order valence-corrected chi connectivity index (χ2v) is 5.10. The van der Waals surface area contributed by atoms with E-state index in [1.165, 1.54) is 0 Å². The Bertz CT molecular complexity index is 770. The van der Waals surface area contributed by atoms with Gasteiger partial charge in [-0.3, -0.25) is 5.32 Å². The van der Waals surface area contributed by atoms with Crippen LogP contribution in [0.2, 0.25) is 0 Å². The second kappa shape index (κ2) is 7.27. The Labute approximate surface area is 135 Å². The highest BCUT2D eigenvalue weighted by molar-refractivity contribution is 5.91. The van der Waals surface area contributed by atoms with Gasteiger partial charge in [0.05, 0.1) is 5.69 Å². The Morgan fingerprint density at radius 3 is 2.13 bits per heavy atom. The molecule has 0 bridgehead atoms. The lowest BCUT2D eigenvalue weighted by molar-refractivity contribution is 0.155. The molecule has 0 saturated heterocycles. The lowest BCUT2D eigenvalue weighted by atomic mass is 10.0. The van der Waals surface area contributed by atoms with E-state index in [9.17, 15) is 4.79 Å². The monoisotopic (exact) mass is 303 g/mol. The summed E-state index contributed by atoms with van der Waals surface area (Å²) in [6.45, 7) is 0.250.